The van der Waals surface area contributed by atoms with Gasteiger partial charge in [-0.2, -0.15) is 0 Å². The molecule has 1 aliphatic rings. The van der Waals surface area contributed by atoms with Gasteiger partial charge in [-0.05, 0) is 55.2 Å². The molecule has 2 amide bonds. The lowest BCUT2D eigenvalue weighted by Gasteiger charge is -2.32. The number of para-hydroxylation sites is 1. The van der Waals surface area contributed by atoms with Crippen LogP contribution in [0.1, 0.15) is 47.4 Å². The number of hydrogen-bond acceptors (Lipinski definition) is 2. The molecule has 1 aliphatic heterocycles. The Balaban J connectivity index is 1.28. The molecule has 1 saturated heterocycles. The molecule has 184 valence electrons. The van der Waals surface area contributed by atoms with E-state index < -0.39 is 0 Å². The summed E-state index contributed by atoms with van der Waals surface area (Å²) < 4.78 is 2.08. The molecule has 2 heterocycles. The van der Waals surface area contributed by atoms with Crippen molar-refractivity contribution in [3.63, 3.8) is 0 Å². The van der Waals surface area contributed by atoms with Gasteiger partial charge in [0.2, 0.25) is 5.91 Å². The molecule has 0 aliphatic carbocycles. The number of likely N-dealkylation sites (tertiary alicyclic amines) is 1. The van der Waals surface area contributed by atoms with Crippen molar-refractivity contribution in [2.24, 2.45) is 5.92 Å². The predicted octanol–water partition coefficient (Wildman–Crippen LogP) is 6.07. The SMILES string of the molecule is CC(NC(=O)C1CCN(C(=O)c2cc3ccccc3n2Cc2ccc(Cl)cc2)CC1)c1ccccc1. The summed E-state index contributed by atoms with van der Waals surface area (Å²) in [4.78, 5) is 28.4. The molecule has 0 spiro atoms. The molecule has 5 rings (SSSR count). The molecule has 1 fully saturated rings. The maximum absolute atomic E-state index is 13.7. The van der Waals surface area contributed by atoms with Crippen LogP contribution >= 0.6 is 11.6 Å². The topological polar surface area (TPSA) is 54.3 Å². The predicted molar refractivity (Wildman–Crippen MR) is 144 cm³/mol. The minimum absolute atomic E-state index is 0.0108. The molecule has 0 bridgehead atoms. The third-order valence-electron chi connectivity index (χ3n) is 7.09. The highest BCUT2D eigenvalue weighted by Crippen LogP contribution is 2.26. The second kappa shape index (κ2) is 10.6. The highest BCUT2D eigenvalue weighted by molar-refractivity contribution is 6.30. The quantitative estimate of drug-likeness (QED) is 0.350. The molecule has 1 aromatic heterocycles. The minimum Gasteiger partial charge on any atom is -0.349 e. The monoisotopic (exact) mass is 499 g/mol. The lowest BCUT2D eigenvalue weighted by Crippen LogP contribution is -2.43. The van der Waals surface area contributed by atoms with Crippen LogP contribution in [0, 0.1) is 5.92 Å². The number of benzene rings is 3. The molecule has 1 unspecified atom stereocenters. The zero-order valence-corrected chi connectivity index (χ0v) is 21.1. The van der Waals surface area contributed by atoms with E-state index in [0.717, 1.165) is 22.0 Å². The molecule has 0 saturated carbocycles. The summed E-state index contributed by atoms with van der Waals surface area (Å²) in [6.07, 6.45) is 1.33. The molecular weight excluding hydrogens is 470 g/mol. The Labute approximate surface area is 216 Å². The number of halogens is 1. The summed E-state index contributed by atoms with van der Waals surface area (Å²) in [5.74, 6) is -0.00730. The number of aromatic nitrogens is 1. The van der Waals surface area contributed by atoms with E-state index in [1.54, 1.807) is 0 Å². The highest BCUT2D eigenvalue weighted by Gasteiger charge is 2.30. The summed E-state index contributed by atoms with van der Waals surface area (Å²) in [6.45, 7) is 3.73. The maximum atomic E-state index is 13.7. The van der Waals surface area contributed by atoms with Crippen LogP contribution in [0.2, 0.25) is 5.02 Å². The largest absolute Gasteiger partial charge is 0.349 e. The Morgan fingerprint density at radius 2 is 1.61 bits per heavy atom. The molecule has 1 N–H and O–H groups in total. The van der Waals surface area contributed by atoms with Gasteiger partial charge < -0.3 is 14.8 Å². The Kier molecular flexibility index (Phi) is 7.10. The summed E-state index contributed by atoms with van der Waals surface area (Å²) in [5.41, 5.74) is 3.87. The summed E-state index contributed by atoms with van der Waals surface area (Å²) in [6, 6.07) is 27.7. The minimum atomic E-state index is -0.0832. The van der Waals surface area contributed by atoms with Gasteiger partial charge in [0.25, 0.3) is 5.91 Å². The molecule has 1 atom stereocenters. The van der Waals surface area contributed by atoms with Gasteiger partial charge >= 0.3 is 0 Å². The number of rotatable bonds is 6. The fourth-order valence-electron chi connectivity index (χ4n) is 4.99. The van der Waals surface area contributed by atoms with Gasteiger partial charge in [0, 0.05) is 41.5 Å². The van der Waals surface area contributed by atoms with Gasteiger partial charge in [0.05, 0.1) is 6.04 Å². The summed E-state index contributed by atoms with van der Waals surface area (Å²) in [7, 11) is 0. The molecule has 3 aromatic carbocycles. The Morgan fingerprint density at radius 3 is 2.33 bits per heavy atom. The van der Waals surface area contributed by atoms with Crippen LogP contribution in [0.15, 0.2) is 84.9 Å². The maximum Gasteiger partial charge on any atom is 0.270 e. The van der Waals surface area contributed by atoms with Crippen molar-refractivity contribution in [2.45, 2.75) is 32.4 Å². The van der Waals surface area contributed by atoms with Crippen molar-refractivity contribution in [3.8, 4) is 0 Å². The van der Waals surface area contributed by atoms with Gasteiger partial charge in [-0.15, -0.1) is 0 Å². The van der Waals surface area contributed by atoms with Crippen LogP contribution in [-0.4, -0.2) is 34.4 Å². The molecule has 0 radical (unpaired) electrons. The van der Waals surface area contributed by atoms with Crippen LogP contribution in [0.25, 0.3) is 10.9 Å². The second-order valence-corrected chi connectivity index (χ2v) is 9.94. The first kappa shape index (κ1) is 24.1. The smallest absolute Gasteiger partial charge is 0.270 e. The van der Waals surface area contributed by atoms with Gasteiger partial charge in [-0.1, -0.05) is 72.3 Å². The van der Waals surface area contributed by atoms with E-state index in [0.29, 0.717) is 43.2 Å². The van der Waals surface area contributed by atoms with Crippen molar-refractivity contribution in [1.82, 2.24) is 14.8 Å². The number of fused-ring (bicyclic) bond motifs is 1. The molecule has 6 heteroatoms. The van der Waals surface area contributed by atoms with Crippen molar-refractivity contribution < 1.29 is 9.59 Å². The first-order valence-electron chi connectivity index (χ1n) is 12.5. The van der Waals surface area contributed by atoms with Crippen LogP contribution in [0.4, 0.5) is 0 Å². The van der Waals surface area contributed by atoms with E-state index in [1.807, 2.05) is 96.8 Å². The van der Waals surface area contributed by atoms with Gasteiger partial charge in [0.15, 0.2) is 0 Å². The Morgan fingerprint density at radius 1 is 0.944 bits per heavy atom. The molecular formula is C30H30ClN3O2. The number of carbonyl (C=O) groups is 2. The highest BCUT2D eigenvalue weighted by atomic mass is 35.5. The normalized spacial score (nSPS) is 15.1. The fraction of sp³-hybridized carbons (Fsp3) is 0.267. The number of amides is 2. The zero-order chi connectivity index (χ0) is 25.1. The van der Waals surface area contributed by atoms with Gasteiger partial charge in [0.1, 0.15) is 5.69 Å². The number of hydrogen-bond donors (Lipinski definition) is 1. The van der Waals surface area contributed by atoms with Crippen molar-refractivity contribution in [2.75, 3.05) is 13.1 Å². The Bertz CT molecular complexity index is 1360. The van der Waals surface area contributed by atoms with Crippen LogP contribution in [-0.2, 0) is 11.3 Å². The lowest BCUT2D eigenvalue weighted by atomic mass is 9.95. The van der Waals surface area contributed by atoms with E-state index >= 15 is 0 Å². The standard InChI is InChI=1S/C30H30ClN3O2/c1-21(23-7-3-2-4-8-23)32-29(35)24-15-17-33(18-16-24)30(36)28-19-25-9-5-6-10-27(25)34(28)20-22-11-13-26(31)14-12-22/h2-14,19,21,24H,15-18,20H2,1H3,(H,32,35). The first-order chi connectivity index (χ1) is 17.5. The zero-order valence-electron chi connectivity index (χ0n) is 20.4. The number of nitrogens with zero attached hydrogens (tertiary/aromatic N) is 2. The van der Waals surface area contributed by atoms with Gasteiger partial charge in [-0.3, -0.25) is 9.59 Å². The molecule has 5 nitrogen and oxygen atoms in total. The van der Waals surface area contributed by atoms with Crippen molar-refractivity contribution in [1.29, 1.82) is 0 Å². The van der Waals surface area contributed by atoms with E-state index in [2.05, 4.69) is 9.88 Å². The number of carbonyl (C=O) groups excluding carboxylic acids is 2. The third-order valence-corrected chi connectivity index (χ3v) is 7.35. The van der Waals surface area contributed by atoms with Crippen LogP contribution in [0.3, 0.4) is 0 Å². The van der Waals surface area contributed by atoms with E-state index in [-0.39, 0.29) is 23.8 Å². The van der Waals surface area contributed by atoms with Crippen LogP contribution in [0.5, 0.6) is 0 Å². The molecule has 4 aromatic rings. The van der Waals surface area contributed by atoms with E-state index in [4.69, 9.17) is 11.6 Å². The van der Waals surface area contributed by atoms with E-state index in [9.17, 15) is 9.59 Å². The average molecular weight is 500 g/mol. The number of piperidine rings is 1. The van der Waals surface area contributed by atoms with E-state index in [1.165, 1.54) is 0 Å². The van der Waals surface area contributed by atoms with Gasteiger partial charge in [-0.25, -0.2) is 0 Å². The fourth-order valence-corrected chi connectivity index (χ4v) is 5.12. The second-order valence-electron chi connectivity index (χ2n) is 9.51. The third kappa shape index (κ3) is 5.17. The molecule has 36 heavy (non-hydrogen) atoms. The van der Waals surface area contributed by atoms with Crippen molar-refractivity contribution in [3.05, 3.63) is 107 Å². The first-order valence-corrected chi connectivity index (χ1v) is 12.8. The Hall–Kier alpha value is -3.57. The van der Waals surface area contributed by atoms with Crippen molar-refractivity contribution >= 4 is 34.3 Å². The lowest BCUT2D eigenvalue weighted by molar-refractivity contribution is -0.127. The average Bonchev–Trinajstić information content (AvgIpc) is 3.28. The summed E-state index contributed by atoms with van der Waals surface area (Å²) >= 11 is 6.07. The summed E-state index contributed by atoms with van der Waals surface area (Å²) in [5, 5.41) is 4.88. The number of nitrogens with one attached hydrogen (secondary N) is 1. The van der Waals surface area contributed by atoms with Crippen LogP contribution < -0.4 is 5.32 Å².